The van der Waals surface area contributed by atoms with Gasteiger partial charge in [0, 0.05) is 26.1 Å². The first-order valence-corrected chi connectivity index (χ1v) is 8.04. The van der Waals surface area contributed by atoms with Crippen molar-refractivity contribution < 1.29 is 9.18 Å². The second-order valence-corrected chi connectivity index (χ2v) is 7.33. The van der Waals surface area contributed by atoms with Crippen molar-refractivity contribution in [2.45, 2.75) is 40.2 Å². The maximum atomic E-state index is 13.5. The van der Waals surface area contributed by atoms with E-state index in [9.17, 15) is 9.18 Å². The molecule has 1 fully saturated rings. The highest BCUT2D eigenvalue weighted by atomic mass is 19.1. The summed E-state index contributed by atoms with van der Waals surface area (Å²) < 4.78 is 13.5. The second kappa shape index (κ2) is 6.78. The van der Waals surface area contributed by atoms with Gasteiger partial charge in [-0.3, -0.25) is 4.79 Å². The lowest BCUT2D eigenvalue weighted by Crippen LogP contribution is -2.49. The van der Waals surface area contributed by atoms with Crippen LogP contribution in [-0.2, 0) is 4.79 Å². The van der Waals surface area contributed by atoms with Gasteiger partial charge in [-0.2, -0.15) is 0 Å². The number of carbonyl (C=O) groups is 1. The van der Waals surface area contributed by atoms with Crippen LogP contribution in [0.2, 0.25) is 0 Å². The van der Waals surface area contributed by atoms with Crippen molar-refractivity contribution in [2.75, 3.05) is 19.6 Å². The maximum absolute atomic E-state index is 13.5. The molecule has 0 saturated carbocycles. The number of hydrogen-bond donors (Lipinski definition) is 1. The van der Waals surface area contributed by atoms with Crippen LogP contribution < -0.4 is 5.32 Å². The van der Waals surface area contributed by atoms with Crippen molar-refractivity contribution in [3.63, 3.8) is 0 Å². The monoisotopic (exact) mass is 306 g/mol. The predicted octanol–water partition coefficient (Wildman–Crippen LogP) is 3.37. The first-order chi connectivity index (χ1) is 10.3. The summed E-state index contributed by atoms with van der Waals surface area (Å²) in [6.07, 6.45) is 0.537. The Balaban J connectivity index is 2.14. The lowest BCUT2D eigenvalue weighted by molar-refractivity contribution is -0.136. The minimum absolute atomic E-state index is 0.0795. The summed E-state index contributed by atoms with van der Waals surface area (Å²) in [7, 11) is 0. The van der Waals surface area contributed by atoms with Crippen LogP contribution in [0.3, 0.4) is 0 Å². The molecule has 1 saturated heterocycles. The van der Waals surface area contributed by atoms with Crippen LogP contribution in [0.15, 0.2) is 24.3 Å². The fraction of sp³-hybridized carbons (Fsp3) is 0.611. The fourth-order valence-electron chi connectivity index (χ4n) is 2.70. The quantitative estimate of drug-likeness (QED) is 0.928. The van der Waals surface area contributed by atoms with Crippen molar-refractivity contribution in [3.05, 3.63) is 35.6 Å². The molecule has 2 atom stereocenters. The number of piperazine rings is 1. The van der Waals surface area contributed by atoms with E-state index >= 15 is 0 Å². The summed E-state index contributed by atoms with van der Waals surface area (Å²) in [5.74, 6) is 0.222. The first kappa shape index (κ1) is 16.9. The Hall–Kier alpha value is -1.42. The number of hydrogen-bond acceptors (Lipinski definition) is 2. The third kappa shape index (κ3) is 4.07. The van der Waals surface area contributed by atoms with E-state index in [1.807, 2.05) is 11.0 Å². The van der Waals surface area contributed by atoms with Crippen LogP contribution in [-0.4, -0.2) is 30.4 Å². The van der Waals surface area contributed by atoms with E-state index < -0.39 is 0 Å². The van der Waals surface area contributed by atoms with Gasteiger partial charge < -0.3 is 10.2 Å². The Morgan fingerprint density at radius 3 is 2.82 bits per heavy atom. The Labute approximate surface area is 132 Å². The Morgan fingerprint density at radius 2 is 2.18 bits per heavy atom. The van der Waals surface area contributed by atoms with Crippen molar-refractivity contribution in [1.29, 1.82) is 0 Å². The van der Waals surface area contributed by atoms with Gasteiger partial charge in [-0.25, -0.2) is 4.39 Å². The molecule has 2 unspecified atom stereocenters. The number of amides is 1. The summed E-state index contributed by atoms with van der Waals surface area (Å²) in [5.41, 5.74) is 0.974. The molecular weight excluding hydrogens is 279 g/mol. The maximum Gasteiger partial charge on any atom is 0.223 e. The summed E-state index contributed by atoms with van der Waals surface area (Å²) >= 11 is 0. The van der Waals surface area contributed by atoms with Gasteiger partial charge in [0.15, 0.2) is 0 Å². The Kier molecular flexibility index (Phi) is 5.22. The number of carbonyl (C=O) groups excluding carboxylic acids is 1. The molecular formula is C18H27FN2O. The van der Waals surface area contributed by atoms with E-state index in [0.29, 0.717) is 25.4 Å². The molecule has 2 rings (SSSR count). The molecule has 1 amide bonds. The number of nitrogens with zero attached hydrogens (tertiary/aromatic N) is 1. The van der Waals surface area contributed by atoms with Gasteiger partial charge in [0.25, 0.3) is 0 Å². The minimum atomic E-state index is -0.251. The molecule has 0 bridgehead atoms. The standard InChI is InChI=1S/C18H27FN2O/c1-13(18(2,3)4)10-17(22)21-9-8-20-12-16(21)14-6-5-7-15(19)11-14/h5-7,11,13,16,20H,8-10,12H2,1-4H3. The van der Waals surface area contributed by atoms with Gasteiger partial charge in [-0.15, -0.1) is 0 Å². The molecule has 1 aliphatic rings. The SMILES string of the molecule is CC(CC(=O)N1CCNCC1c1cccc(F)c1)C(C)(C)C. The van der Waals surface area contributed by atoms with Gasteiger partial charge in [-0.1, -0.05) is 39.8 Å². The van der Waals surface area contributed by atoms with Crippen LogP contribution in [0.25, 0.3) is 0 Å². The van der Waals surface area contributed by atoms with Gasteiger partial charge >= 0.3 is 0 Å². The van der Waals surface area contributed by atoms with E-state index in [0.717, 1.165) is 12.1 Å². The third-order valence-corrected chi connectivity index (χ3v) is 4.76. The molecule has 4 heteroatoms. The lowest BCUT2D eigenvalue weighted by atomic mass is 9.80. The highest BCUT2D eigenvalue weighted by Crippen LogP contribution is 2.30. The number of halogens is 1. The van der Waals surface area contributed by atoms with Crippen LogP contribution in [0.1, 0.15) is 45.7 Å². The normalized spacial score (nSPS) is 20.8. The average Bonchev–Trinajstić information content (AvgIpc) is 2.46. The molecule has 1 N–H and O–H groups in total. The molecule has 3 nitrogen and oxygen atoms in total. The Morgan fingerprint density at radius 1 is 1.45 bits per heavy atom. The zero-order valence-electron chi connectivity index (χ0n) is 14.0. The molecule has 0 aromatic heterocycles. The largest absolute Gasteiger partial charge is 0.333 e. The summed E-state index contributed by atoms with van der Waals surface area (Å²) in [6, 6.07) is 6.50. The van der Waals surface area contributed by atoms with Crippen molar-refractivity contribution in [2.24, 2.45) is 11.3 Å². The third-order valence-electron chi connectivity index (χ3n) is 4.76. The zero-order chi connectivity index (χ0) is 16.3. The molecule has 0 radical (unpaired) electrons. The van der Waals surface area contributed by atoms with E-state index in [-0.39, 0.29) is 23.2 Å². The highest BCUT2D eigenvalue weighted by molar-refractivity contribution is 5.77. The lowest BCUT2D eigenvalue weighted by Gasteiger charge is -2.38. The minimum Gasteiger partial charge on any atom is -0.333 e. The highest BCUT2D eigenvalue weighted by Gasteiger charge is 2.31. The van der Waals surface area contributed by atoms with Crippen molar-refractivity contribution in [3.8, 4) is 0 Å². The smallest absolute Gasteiger partial charge is 0.223 e. The molecule has 1 aromatic rings. The average molecular weight is 306 g/mol. The zero-order valence-corrected chi connectivity index (χ0v) is 14.0. The van der Waals surface area contributed by atoms with Crippen molar-refractivity contribution >= 4 is 5.91 Å². The van der Waals surface area contributed by atoms with Gasteiger partial charge in [0.05, 0.1) is 6.04 Å². The molecule has 1 aliphatic heterocycles. The van der Waals surface area contributed by atoms with Gasteiger partial charge in [0.2, 0.25) is 5.91 Å². The number of benzene rings is 1. The number of rotatable bonds is 3. The summed E-state index contributed by atoms with van der Waals surface area (Å²) in [6.45, 7) is 10.8. The summed E-state index contributed by atoms with van der Waals surface area (Å²) in [5, 5.41) is 3.30. The predicted molar refractivity (Wildman–Crippen MR) is 87.0 cm³/mol. The van der Waals surface area contributed by atoms with Crippen LogP contribution >= 0.6 is 0 Å². The summed E-state index contributed by atoms with van der Waals surface area (Å²) in [4.78, 5) is 14.6. The van der Waals surface area contributed by atoms with Crippen molar-refractivity contribution in [1.82, 2.24) is 10.2 Å². The van der Waals surface area contributed by atoms with Gasteiger partial charge in [-0.05, 0) is 29.0 Å². The van der Waals surface area contributed by atoms with E-state index in [2.05, 4.69) is 33.0 Å². The molecule has 1 heterocycles. The van der Waals surface area contributed by atoms with E-state index in [4.69, 9.17) is 0 Å². The van der Waals surface area contributed by atoms with Crippen LogP contribution in [0, 0.1) is 17.2 Å². The van der Waals surface area contributed by atoms with Crippen LogP contribution in [0.5, 0.6) is 0 Å². The van der Waals surface area contributed by atoms with Crippen LogP contribution in [0.4, 0.5) is 4.39 Å². The topological polar surface area (TPSA) is 32.3 Å². The molecule has 122 valence electrons. The molecule has 0 aliphatic carbocycles. The number of nitrogens with one attached hydrogen (secondary N) is 1. The molecule has 1 aromatic carbocycles. The second-order valence-electron chi connectivity index (χ2n) is 7.33. The van der Waals surface area contributed by atoms with E-state index in [1.54, 1.807) is 6.07 Å². The molecule has 0 spiro atoms. The molecule has 22 heavy (non-hydrogen) atoms. The Bertz CT molecular complexity index is 524. The van der Waals surface area contributed by atoms with Gasteiger partial charge in [0.1, 0.15) is 5.82 Å². The van der Waals surface area contributed by atoms with E-state index in [1.165, 1.54) is 12.1 Å². The fourth-order valence-corrected chi connectivity index (χ4v) is 2.70. The first-order valence-electron chi connectivity index (χ1n) is 8.04.